The summed E-state index contributed by atoms with van der Waals surface area (Å²) in [6.07, 6.45) is 3.55. The highest BCUT2D eigenvalue weighted by atomic mass is 127. The van der Waals surface area contributed by atoms with E-state index in [-0.39, 0.29) is 42.0 Å². The first-order valence-corrected chi connectivity index (χ1v) is 10.0. The smallest absolute Gasteiger partial charge is 0.191 e. The number of hydrogen-bond donors (Lipinski definition) is 3. The number of nitrogens with zero attached hydrogens (tertiary/aromatic N) is 2. The first-order chi connectivity index (χ1) is 13.2. The molecule has 0 bridgehead atoms. The van der Waals surface area contributed by atoms with Crippen LogP contribution in [0.15, 0.2) is 23.2 Å². The van der Waals surface area contributed by atoms with Gasteiger partial charge in [-0.05, 0) is 50.3 Å². The van der Waals surface area contributed by atoms with E-state index >= 15 is 0 Å². The fourth-order valence-corrected chi connectivity index (χ4v) is 3.54. The molecule has 2 aliphatic heterocycles. The highest BCUT2D eigenvalue weighted by Crippen LogP contribution is 2.24. The molecule has 1 atom stereocenters. The molecule has 0 aromatic heterocycles. The summed E-state index contributed by atoms with van der Waals surface area (Å²) in [6.45, 7) is 6.15. The third kappa shape index (κ3) is 6.73. The van der Waals surface area contributed by atoms with Gasteiger partial charge in [-0.25, -0.2) is 9.38 Å². The Hall–Kier alpha value is -1.13. The lowest BCUT2D eigenvalue weighted by Crippen LogP contribution is -2.41. The van der Waals surface area contributed by atoms with E-state index in [0.29, 0.717) is 38.2 Å². The number of ether oxygens (including phenoxy) is 1. The highest BCUT2D eigenvalue weighted by molar-refractivity contribution is 14.0. The topological polar surface area (TPSA) is 69.1 Å². The predicted molar refractivity (Wildman–Crippen MR) is 121 cm³/mol. The molecule has 0 amide bonds. The van der Waals surface area contributed by atoms with Crippen molar-refractivity contribution in [3.8, 4) is 0 Å². The zero-order chi connectivity index (χ0) is 19.1. The number of nitrogens with one attached hydrogen (secondary N) is 2. The van der Waals surface area contributed by atoms with Gasteiger partial charge in [0, 0.05) is 32.8 Å². The van der Waals surface area contributed by atoms with Crippen LogP contribution in [0.1, 0.15) is 38.2 Å². The van der Waals surface area contributed by atoms with E-state index in [1.165, 1.54) is 0 Å². The van der Waals surface area contributed by atoms with E-state index in [0.717, 1.165) is 44.1 Å². The first-order valence-electron chi connectivity index (χ1n) is 10.0. The monoisotopic (exact) mass is 506 g/mol. The fourth-order valence-electron chi connectivity index (χ4n) is 3.54. The maximum absolute atomic E-state index is 14.6. The summed E-state index contributed by atoms with van der Waals surface area (Å²) in [5.74, 6) is 0.499. The molecule has 0 saturated carbocycles. The molecule has 2 heterocycles. The SMILES string of the molecule is CCNC(=NCc1ccc(N2CCC(O)CC2)c(F)c1)NCC1CCCO1.I. The molecule has 0 aliphatic carbocycles. The van der Waals surface area contributed by atoms with Gasteiger partial charge < -0.3 is 25.4 Å². The molecule has 2 saturated heterocycles. The number of aliphatic hydroxyl groups excluding tert-OH is 1. The molecular weight excluding hydrogens is 474 g/mol. The summed E-state index contributed by atoms with van der Waals surface area (Å²) in [4.78, 5) is 6.57. The summed E-state index contributed by atoms with van der Waals surface area (Å²) in [7, 11) is 0. The number of aliphatic imine (C=N–C) groups is 1. The van der Waals surface area contributed by atoms with E-state index in [1.807, 2.05) is 24.0 Å². The van der Waals surface area contributed by atoms with Crippen LogP contribution in [0.5, 0.6) is 0 Å². The highest BCUT2D eigenvalue weighted by Gasteiger charge is 2.20. The first kappa shape index (κ1) is 23.2. The molecule has 6 nitrogen and oxygen atoms in total. The summed E-state index contributed by atoms with van der Waals surface area (Å²) in [5, 5.41) is 16.1. The number of piperidine rings is 1. The van der Waals surface area contributed by atoms with E-state index in [2.05, 4.69) is 15.6 Å². The largest absolute Gasteiger partial charge is 0.393 e. The van der Waals surface area contributed by atoms with Crippen LogP contribution in [0.4, 0.5) is 10.1 Å². The molecule has 158 valence electrons. The van der Waals surface area contributed by atoms with E-state index in [9.17, 15) is 9.50 Å². The maximum atomic E-state index is 14.6. The Balaban J connectivity index is 0.00000280. The lowest BCUT2D eigenvalue weighted by atomic mass is 10.1. The number of halogens is 2. The van der Waals surface area contributed by atoms with E-state index in [1.54, 1.807) is 6.07 Å². The molecule has 1 aromatic carbocycles. The number of rotatable bonds is 6. The zero-order valence-electron chi connectivity index (χ0n) is 16.5. The number of hydrogen-bond acceptors (Lipinski definition) is 4. The zero-order valence-corrected chi connectivity index (χ0v) is 18.8. The van der Waals surface area contributed by atoms with Gasteiger partial charge in [0.25, 0.3) is 0 Å². The average Bonchev–Trinajstić information content (AvgIpc) is 3.19. The molecule has 0 radical (unpaired) electrons. The molecule has 2 aliphatic rings. The number of guanidine groups is 1. The lowest BCUT2D eigenvalue weighted by molar-refractivity contribution is 0.114. The van der Waals surface area contributed by atoms with Gasteiger partial charge in [-0.15, -0.1) is 24.0 Å². The molecule has 3 rings (SSSR count). The van der Waals surface area contributed by atoms with Crippen molar-refractivity contribution in [1.29, 1.82) is 0 Å². The summed E-state index contributed by atoms with van der Waals surface area (Å²) < 4.78 is 20.2. The fraction of sp³-hybridized carbons (Fsp3) is 0.650. The van der Waals surface area contributed by atoms with Crippen LogP contribution in [0, 0.1) is 5.82 Å². The molecule has 8 heteroatoms. The summed E-state index contributed by atoms with van der Waals surface area (Å²) in [5.41, 5.74) is 1.45. The summed E-state index contributed by atoms with van der Waals surface area (Å²) >= 11 is 0. The second kappa shape index (κ2) is 11.8. The molecule has 1 unspecified atom stereocenters. The Kier molecular flexibility index (Phi) is 9.73. The Bertz CT molecular complexity index is 633. The van der Waals surface area contributed by atoms with E-state index < -0.39 is 0 Å². The van der Waals surface area contributed by atoms with Crippen LogP contribution in [-0.2, 0) is 11.3 Å². The minimum atomic E-state index is -0.260. The third-order valence-corrected chi connectivity index (χ3v) is 5.10. The van der Waals surface area contributed by atoms with Gasteiger partial charge in [-0.1, -0.05) is 6.07 Å². The molecule has 1 aromatic rings. The van der Waals surface area contributed by atoms with Crippen molar-refractivity contribution < 1.29 is 14.2 Å². The van der Waals surface area contributed by atoms with E-state index in [4.69, 9.17) is 4.74 Å². The standard InChI is InChI=1S/C20H31FN4O2.HI/c1-2-22-20(24-14-17-4-3-11-27-17)23-13-15-5-6-19(18(21)12-15)25-9-7-16(26)8-10-25;/h5-6,12,16-17,26H,2-4,7-11,13-14H2,1H3,(H2,22,23,24);1H. The van der Waals surface area contributed by atoms with Crippen LogP contribution in [0.3, 0.4) is 0 Å². The molecule has 3 N–H and O–H groups in total. The van der Waals surface area contributed by atoms with Crippen molar-refractivity contribution >= 4 is 35.6 Å². The minimum Gasteiger partial charge on any atom is -0.393 e. The lowest BCUT2D eigenvalue weighted by Gasteiger charge is -2.31. The van der Waals surface area contributed by atoms with Gasteiger partial charge in [0.15, 0.2) is 5.96 Å². The Morgan fingerprint density at radius 1 is 1.29 bits per heavy atom. The molecule has 2 fully saturated rings. The van der Waals surface area contributed by atoms with Crippen LogP contribution in [0.25, 0.3) is 0 Å². The van der Waals surface area contributed by atoms with Crippen molar-refractivity contribution in [2.45, 2.75) is 51.4 Å². The van der Waals surface area contributed by atoms with Gasteiger partial charge >= 0.3 is 0 Å². The predicted octanol–water partition coefficient (Wildman–Crippen LogP) is 2.64. The molecular formula is C20H32FIN4O2. The Morgan fingerprint density at radius 2 is 2.07 bits per heavy atom. The normalized spacial score (nSPS) is 20.8. The Morgan fingerprint density at radius 3 is 2.71 bits per heavy atom. The molecule has 0 spiro atoms. The minimum absolute atomic E-state index is 0. The Labute approximate surface area is 184 Å². The van der Waals surface area contributed by atoms with Crippen LogP contribution >= 0.6 is 24.0 Å². The number of aliphatic hydroxyl groups is 1. The van der Waals surface area contributed by atoms with Crippen molar-refractivity contribution in [3.05, 3.63) is 29.6 Å². The van der Waals surface area contributed by atoms with Crippen LogP contribution in [-0.4, -0.2) is 56.1 Å². The van der Waals surface area contributed by atoms with Gasteiger partial charge in [0.1, 0.15) is 5.82 Å². The van der Waals surface area contributed by atoms with Crippen molar-refractivity contribution in [3.63, 3.8) is 0 Å². The average molecular weight is 506 g/mol. The van der Waals surface area contributed by atoms with Crippen LogP contribution in [0.2, 0.25) is 0 Å². The van der Waals surface area contributed by atoms with Crippen LogP contribution < -0.4 is 15.5 Å². The van der Waals surface area contributed by atoms with Gasteiger partial charge in [0.05, 0.1) is 24.4 Å². The number of anilines is 1. The quantitative estimate of drug-likeness (QED) is 0.315. The number of benzene rings is 1. The van der Waals surface area contributed by atoms with Gasteiger partial charge in [-0.3, -0.25) is 0 Å². The van der Waals surface area contributed by atoms with Gasteiger partial charge in [0.2, 0.25) is 0 Å². The van der Waals surface area contributed by atoms with Crippen molar-refractivity contribution in [2.75, 3.05) is 37.7 Å². The third-order valence-electron chi connectivity index (χ3n) is 5.10. The van der Waals surface area contributed by atoms with Crippen molar-refractivity contribution in [1.82, 2.24) is 10.6 Å². The van der Waals surface area contributed by atoms with Gasteiger partial charge in [-0.2, -0.15) is 0 Å². The second-order valence-electron chi connectivity index (χ2n) is 7.22. The second-order valence-corrected chi connectivity index (χ2v) is 7.22. The molecule has 28 heavy (non-hydrogen) atoms. The maximum Gasteiger partial charge on any atom is 0.191 e. The summed E-state index contributed by atoms with van der Waals surface area (Å²) in [6, 6.07) is 5.31. The van der Waals surface area contributed by atoms with Crippen molar-refractivity contribution in [2.24, 2.45) is 4.99 Å².